The van der Waals surface area contributed by atoms with Crippen LogP contribution >= 0.6 is 22.9 Å². The Hall–Kier alpha value is -3.10. The molecule has 0 radical (unpaired) electrons. The second kappa shape index (κ2) is 7.86. The standard InChI is InChI=1S/C22H14ClF3N2O2S/c1-12-15(23)4-2-5-16(12)27-19-18(17-6-3-11-31-17)20(29)28(21(19)30)14-9-7-13(8-10-14)22(24,25)26/h2-11,27H,1H3. The van der Waals surface area contributed by atoms with Crippen molar-refractivity contribution < 1.29 is 22.8 Å². The molecule has 9 heteroatoms. The van der Waals surface area contributed by atoms with Gasteiger partial charge in [-0.05, 0) is 60.3 Å². The summed E-state index contributed by atoms with van der Waals surface area (Å²) < 4.78 is 38.7. The lowest BCUT2D eigenvalue weighted by molar-refractivity contribution is -0.137. The number of hydrogen-bond donors (Lipinski definition) is 1. The van der Waals surface area contributed by atoms with Gasteiger partial charge in [0.1, 0.15) is 5.70 Å². The number of benzene rings is 2. The van der Waals surface area contributed by atoms with Gasteiger partial charge in [0.05, 0.1) is 16.8 Å². The number of carbonyl (C=O) groups is 2. The minimum Gasteiger partial charge on any atom is -0.350 e. The molecule has 1 aliphatic rings. The van der Waals surface area contributed by atoms with Gasteiger partial charge in [-0.1, -0.05) is 23.7 Å². The molecule has 2 heterocycles. The molecule has 0 fully saturated rings. The predicted octanol–water partition coefficient (Wildman–Crippen LogP) is 6.13. The normalized spacial score (nSPS) is 14.5. The van der Waals surface area contributed by atoms with Crippen LogP contribution in [0.4, 0.5) is 24.5 Å². The van der Waals surface area contributed by atoms with Crippen molar-refractivity contribution in [3.8, 4) is 0 Å². The molecule has 2 amide bonds. The van der Waals surface area contributed by atoms with E-state index >= 15 is 0 Å². The van der Waals surface area contributed by atoms with Gasteiger partial charge in [-0.2, -0.15) is 13.2 Å². The van der Waals surface area contributed by atoms with Gasteiger partial charge in [-0.15, -0.1) is 11.3 Å². The number of nitrogens with one attached hydrogen (secondary N) is 1. The summed E-state index contributed by atoms with van der Waals surface area (Å²) in [6.45, 7) is 1.77. The molecule has 0 unspecified atom stereocenters. The van der Waals surface area contributed by atoms with E-state index in [4.69, 9.17) is 11.6 Å². The van der Waals surface area contributed by atoms with Crippen molar-refractivity contribution in [3.63, 3.8) is 0 Å². The molecule has 158 valence electrons. The number of anilines is 2. The van der Waals surface area contributed by atoms with Crippen LogP contribution in [0.2, 0.25) is 5.02 Å². The summed E-state index contributed by atoms with van der Waals surface area (Å²) in [5, 5.41) is 5.27. The van der Waals surface area contributed by atoms with Gasteiger partial charge in [0.15, 0.2) is 0 Å². The number of thiophene rings is 1. The molecular weight excluding hydrogens is 449 g/mol. The molecule has 1 aliphatic heterocycles. The topological polar surface area (TPSA) is 49.4 Å². The molecular formula is C22H14ClF3N2O2S. The predicted molar refractivity (Wildman–Crippen MR) is 115 cm³/mol. The lowest BCUT2D eigenvalue weighted by Crippen LogP contribution is -2.32. The van der Waals surface area contributed by atoms with E-state index in [9.17, 15) is 22.8 Å². The summed E-state index contributed by atoms with van der Waals surface area (Å²) >= 11 is 7.45. The second-order valence-electron chi connectivity index (χ2n) is 6.76. The third-order valence-electron chi connectivity index (χ3n) is 4.83. The fraction of sp³-hybridized carbons (Fsp3) is 0.0909. The molecule has 3 aromatic rings. The van der Waals surface area contributed by atoms with E-state index in [2.05, 4.69) is 5.32 Å². The van der Waals surface area contributed by atoms with Crippen molar-refractivity contribution in [3.05, 3.63) is 86.7 Å². The number of nitrogens with zero attached hydrogens (tertiary/aromatic N) is 1. The number of alkyl halides is 3. The smallest absolute Gasteiger partial charge is 0.350 e. The summed E-state index contributed by atoms with van der Waals surface area (Å²) in [4.78, 5) is 27.9. The first-order valence-electron chi connectivity index (χ1n) is 9.05. The van der Waals surface area contributed by atoms with Gasteiger partial charge in [-0.3, -0.25) is 9.59 Å². The highest BCUT2D eigenvalue weighted by molar-refractivity contribution is 7.11. The van der Waals surface area contributed by atoms with Gasteiger partial charge in [0.2, 0.25) is 0 Å². The Labute approximate surface area is 184 Å². The van der Waals surface area contributed by atoms with E-state index in [-0.39, 0.29) is 17.0 Å². The number of amides is 2. The van der Waals surface area contributed by atoms with E-state index < -0.39 is 23.6 Å². The van der Waals surface area contributed by atoms with Crippen LogP contribution in [0.25, 0.3) is 5.57 Å². The highest BCUT2D eigenvalue weighted by Crippen LogP contribution is 2.37. The van der Waals surface area contributed by atoms with Gasteiger partial charge in [0.25, 0.3) is 11.8 Å². The number of carbonyl (C=O) groups excluding carboxylic acids is 2. The lowest BCUT2D eigenvalue weighted by Gasteiger charge is -2.17. The molecule has 0 aliphatic carbocycles. The van der Waals surface area contributed by atoms with Crippen molar-refractivity contribution in [1.29, 1.82) is 0 Å². The zero-order valence-corrected chi connectivity index (χ0v) is 17.5. The second-order valence-corrected chi connectivity index (χ2v) is 8.11. The van der Waals surface area contributed by atoms with Crippen molar-refractivity contribution in [2.45, 2.75) is 13.1 Å². The van der Waals surface area contributed by atoms with E-state index in [1.165, 1.54) is 11.3 Å². The lowest BCUT2D eigenvalue weighted by atomic mass is 10.1. The highest BCUT2D eigenvalue weighted by Gasteiger charge is 2.41. The van der Waals surface area contributed by atoms with Crippen molar-refractivity contribution in [2.24, 2.45) is 0 Å². The first kappa shape index (κ1) is 21.1. The molecule has 1 N–H and O–H groups in total. The van der Waals surface area contributed by atoms with Crippen LogP contribution < -0.4 is 10.2 Å². The number of rotatable bonds is 4. The maximum Gasteiger partial charge on any atom is 0.416 e. The van der Waals surface area contributed by atoms with Crippen LogP contribution in [-0.2, 0) is 15.8 Å². The fourth-order valence-corrected chi connectivity index (χ4v) is 4.15. The van der Waals surface area contributed by atoms with Crippen LogP contribution in [0.15, 0.2) is 65.7 Å². The van der Waals surface area contributed by atoms with Gasteiger partial charge >= 0.3 is 6.18 Å². The Bertz CT molecular complexity index is 1200. The van der Waals surface area contributed by atoms with Crippen LogP contribution in [0.5, 0.6) is 0 Å². The number of halogens is 4. The molecule has 4 nitrogen and oxygen atoms in total. The largest absolute Gasteiger partial charge is 0.416 e. The Morgan fingerprint density at radius 1 is 0.968 bits per heavy atom. The third kappa shape index (κ3) is 3.84. The Kier molecular flexibility index (Phi) is 5.36. The Balaban J connectivity index is 1.77. The molecule has 1 aromatic heterocycles. The number of hydrogen-bond acceptors (Lipinski definition) is 4. The van der Waals surface area contributed by atoms with E-state index in [1.54, 1.807) is 42.6 Å². The Morgan fingerprint density at radius 2 is 1.68 bits per heavy atom. The zero-order valence-electron chi connectivity index (χ0n) is 16.0. The van der Waals surface area contributed by atoms with Gasteiger partial charge < -0.3 is 5.32 Å². The maximum absolute atomic E-state index is 13.2. The summed E-state index contributed by atoms with van der Waals surface area (Å²) in [7, 11) is 0. The van der Waals surface area contributed by atoms with Crippen molar-refractivity contribution in [1.82, 2.24) is 0 Å². The highest BCUT2D eigenvalue weighted by atomic mass is 35.5. The zero-order chi connectivity index (χ0) is 22.3. The van der Waals surface area contributed by atoms with E-state index in [1.807, 2.05) is 0 Å². The molecule has 0 atom stereocenters. The number of imide groups is 1. The minimum atomic E-state index is -4.52. The summed E-state index contributed by atoms with van der Waals surface area (Å²) in [6, 6.07) is 12.5. The third-order valence-corrected chi connectivity index (χ3v) is 6.13. The summed E-state index contributed by atoms with van der Waals surface area (Å²) in [5.41, 5.74) is 0.616. The molecule has 0 spiro atoms. The maximum atomic E-state index is 13.2. The quantitative estimate of drug-likeness (QED) is 0.475. The molecule has 4 rings (SSSR count). The molecule has 2 aromatic carbocycles. The van der Waals surface area contributed by atoms with Gasteiger partial charge in [0, 0.05) is 15.6 Å². The average Bonchev–Trinajstić information content (AvgIpc) is 3.32. The molecule has 0 bridgehead atoms. The van der Waals surface area contributed by atoms with Gasteiger partial charge in [-0.25, -0.2) is 4.90 Å². The molecule has 31 heavy (non-hydrogen) atoms. The van der Waals surface area contributed by atoms with E-state index in [0.29, 0.717) is 21.2 Å². The van der Waals surface area contributed by atoms with Crippen molar-refractivity contribution >= 4 is 51.7 Å². The minimum absolute atomic E-state index is 0.0396. The van der Waals surface area contributed by atoms with Crippen molar-refractivity contribution in [2.75, 3.05) is 10.2 Å². The van der Waals surface area contributed by atoms with Crippen LogP contribution in [0, 0.1) is 6.92 Å². The van der Waals surface area contributed by atoms with Crippen LogP contribution in [0.3, 0.4) is 0 Å². The monoisotopic (exact) mass is 462 g/mol. The van der Waals surface area contributed by atoms with Crippen LogP contribution in [-0.4, -0.2) is 11.8 Å². The summed E-state index contributed by atoms with van der Waals surface area (Å²) in [6.07, 6.45) is -4.52. The van der Waals surface area contributed by atoms with Crippen LogP contribution in [0.1, 0.15) is 16.0 Å². The Morgan fingerprint density at radius 3 is 2.29 bits per heavy atom. The first-order valence-corrected chi connectivity index (χ1v) is 10.3. The average molecular weight is 463 g/mol. The summed E-state index contributed by atoms with van der Waals surface area (Å²) in [5.74, 6) is -1.28. The molecule has 0 saturated heterocycles. The van der Waals surface area contributed by atoms with E-state index in [0.717, 1.165) is 29.2 Å². The fourth-order valence-electron chi connectivity index (χ4n) is 3.21. The first-order chi connectivity index (χ1) is 14.7. The molecule has 0 saturated carbocycles. The SMILES string of the molecule is Cc1c(Cl)cccc1NC1=C(c2cccs2)C(=O)N(c2ccc(C(F)(F)F)cc2)C1=O.